The van der Waals surface area contributed by atoms with Crippen molar-refractivity contribution >= 4 is 11.8 Å². The molecule has 0 unspecified atom stereocenters. The Morgan fingerprint density at radius 1 is 0.920 bits per heavy atom. The first kappa shape index (κ1) is 18.1. The van der Waals surface area contributed by atoms with Gasteiger partial charge in [-0.2, -0.15) is 0 Å². The summed E-state index contributed by atoms with van der Waals surface area (Å²) in [5, 5.41) is 23.9. The van der Waals surface area contributed by atoms with Gasteiger partial charge in [-0.05, 0) is 24.3 Å². The van der Waals surface area contributed by atoms with E-state index in [1.807, 2.05) is 30.3 Å². The normalized spacial score (nSPS) is 10.1. The Bertz CT molecular complexity index is 698. The van der Waals surface area contributed by atoms with Crippen LogP contribution in [0.15, 0.2) is 48.5 Å². The maximum Gasteiger partial charge on any atom is 0.251 e. The number of para-hydroxylation sites is 1. The molecule has 0 aliphatic heterocycles. The molecule has 132 valence electrons. The van der Waals surface area contributed by atoms with Crippen molar-refractivity contribution in [1.29, 1.82) is 0 Å². The molecule has 2 aromatic rings. The summed E-state index contributed by atoms with van der Waals surface area (Å²) < 4.78 is 5.42. The molecular formula is C18H20N2O5. The number of ether oxygens (including phenoxy) is 1. The Balaban J connectivity index is 1.62. The molecule has 2 aromatic carbocycles. The fourth-order valence-electron chi connectivity index (χ4n) is 2.07. The van der Waals surface area contributed by atoms with E-state index in [-0.39, 0.29) is 49.1 Å². The lowest BCUT2D eigenvalue weighted by Gasteiger charge is -2.09. The van der Waals surface area contributed by atoms with Gasteiger partial charge >= 0.3 is 0 Å². The van der Waals surface area contributed by atoms with Gasteiger partial charge in [-0.15, -0.1) is 0 Å². The Labute approximate surface area is 145 Å². The molecule has 0 aliphatic rings. The highest BCUT2D eigenvalue weighted by Crippen LogP contribution is 2.20. The summed E-state index contributed by atoms with van der Waals surface area (Å²) in [6.07, 6.45) is 0.212. The number of nitrogens with one attached hydrogen (secondary N) is 2. The zero-order chi connectivity index (χ0) is 18.1. The molecule has 4 N–H and O–H groups in total. The van der Waals surface area contributed by atoms with E-state index >= 15 is 0 Å². The summed E-state index contributed by atoms with van der Waals surface area (Å²) in [6, 6.07) is 12.8. The van der Waals surface area contributed by atoms with Gasteiger partial charge in [0, 0.05) is 24.7 Å². The number of phenols is 2. The van der Waals surface area contributed by atoms with Crippen LogP contribution in [0.5, 0.6) is 17.2 Å². The summed E-state index contributed by atoms with van der Waals surface area (Å²) in [5.41, 5.74) is 0.139. The van der Waals surface area contributed by atoms with Crippen LogP contribution < -0.4 is 15.4 Å². The average molecular weight is 344 g/mol. The van der Waals surface area contributed by atoms with Crippen LogP contribution in [0.4, 0.5) is 0 Å². The summed E-state index contributed by atoms with van der Waals surface area (Å²) in [5.74, 6) is -0.321. The van der Waals surface area contributed by atoms with Gasteiger partial charge < -0.3 is 25.6 Å². The predicted molar refractivity (Wildman–Crippen MR) is 91.7 cm³/mol. The van der Waals surface area contributed by atoms with Gasteiger partial charge in [-0.3, -0.25) is 9.59 Å². The molecule has 0 aliphatic carbocycles. The topological polar surface area (TPSA) is 108 Å². The van der Waals surface area contributed by atoms with Crippen LogP contribution in [0.25, 0.3) is 0 Å². The smallest absolute Gasteiger partial charge is 0.251 e. The molecule has 7 nitrogen and oxygen atoms in total. The standard InChI is InChI=1S/C18H20N2O5/c21-14-10-13(11-15(22)12-14)18(24)20-8-7-19-17(23)6-9-25-16-4-2-1-3-5-16/h1-5,10-12,21-22H,6-9H2,(H,19,23)(H,20,24). The largest absolute Gasteiger partial charge is 0.508 e. The zero-order valence-electron chi connectivity index (χ0n) is 13.6. The van der Waals surface area contributed by atoms with Crippen LogP contribution in [0.2, 0.25) is 0 Å². The minimum atomic E-state index is -0.451. The third kappa shape index (κ3) is 6.42. The van der Waals surface area contributed by atoms with Gasteiger partial charge in [-0.25, -0.2) is 0 Å². The number of hydrogen-bond acceptors (Lipinski definition) is 5. The average Bonchev–Trinajstić information content (AvgIpc) is 2.58. The van der Waals surface area contributed by atoms with E-state index in [1.165, 1.54) is 12.1 Å². The second-order valence-electron chi connectivity index (χ2n) is 5.26. The van der Waals surface area contributed by atoms with Crippen LogP contribution in [0.1, 0.15) is 16.8 Å². The lowest BCUT2D eigenvalue weighted by molar-refractivity contribution is -0.121. The molecule has 0 fully saturated rings. The Kier molecular flexibility index (Phi) is 6.65. The molecule has 0 saturated heterocycles. The van der Waals surface area contributed by atoms with E-state index in [4.69, 9.17) is 4.74 Å². The van der Waals surface area contributed by atoms with Crippen molar-refractivity contribution in [2.75, 3.05) is 19.7 Å². The molecule has 7 heteroatoms. The van der Waals surface area contributed by atoms with Crippen LogP contribution in [-0.4, -0.2) is 41.7 Å². The molecule has 25 heavy (non-hydrogen) atoms. The van der Waals surface area contributed by atoms with Crippen molar-refractivity contribution < 1.29 is 24.5 Å². The van der Waals surface area contributed by atoms with Gasteiger partial charge in [0.05, 0.1) is 13.0 Å². The van der Waals surface area contributed by atoms with Crippen molar-refractivity contribution in [3.8, 4) is 17.2 Å². The van der Waals surface area contributed by atoms with E-state index in [1.54, 1.807) is 0 Å². The monoisotopic (exact) mass is 344 g/mol. The fourth-order valence-corrected chi connectivity index (χ4v) is 2.07. The molecule has 0 spiro atoms. The number of hydrogen-bond donors (Lipinski definition) is 4. The maximum atomic E-state index is 11.9. The summed E-state index contributed by atoms with van der Waals surface area (Å²) >= 11 is 0. The summed E-state index contributed by atoms with van der Waals surface area (Å²) in [6.45, 7) is 0.756. The van der Waals surface area contributed by atoms with Crippen molar-refractivity contribution in [1.82, 2.24) is 10.6 Å². The molecule has 0 radical (unpaired) electrons. The fraction of sp³-hybridized carbons (Fsp3) is 0.222. The lowest BCUT2D eigenvalue weighted by Crippen LogP contribution is -2.35. The van der Waals surface area contributed by atoms with Gasteiger partial charge in [-0.1, -0.05) is 18.2 Å². The lowest BCUT2D eigenvalue weighted by atomic mass is 10.2. The van der Waals surface area contributed by atoms with Crippen LogP contribution in [0, 0.1) is 0 Å². The first-order chi connectivity index (χ1) is 12.0. The van der Waals surface area contributed by atoms with Crippen molar-refractivity contribution in [2.24, 2.45) is 0 Å². The quantitative estimate of drug-likeness (QED) is 0.542. The third-order valence-corrected chi connectivity index (χ3v) is 3.24. The van der Waals surface area contributed by atoms with E-state index in [0.717, 1.165) is 6.07 Å². The molecular weight excluding hydrogens is 324 g/mol. The Morgan fingerprint density at radius 3 is 2.24 bits per heavy atom. The van der Waals surface area contributed by atoms with E-state index in [9.17, 15) is 19.8 Å². The van der Waals surface area contributed by atoms with Crippen molar-refractivity contribution in [3.63, 3.8) is 0 Å². The number of carbonyl (C=O) groups excluding carboxylic acids is 2. The molecule has 0 atom stereocenters. The van der Waals surface area contributed by atoms with Crippen molar-refractivity contribution in [3.05, 3.63) is 54.1 Å². The number of carbonyl (C=O) groups is 2. The molecule has 2 amide bonds. The number of rotatable bonds is 8. The van der Waals surface area contributed by atoms with Crippen molar-refractivity contribution in [2.45, 2.75) is 6.42 Å². The van der Waals surface area contributed by atoms with Gasteiger partial charge in [0.25, 0.3) is 5.91 Å². The first-order valence-corrected chi connectivity index (χ1v) is 7.80. The van der Waals surface area contributed by atoms with E-state index in [0.29, 0.717) is 5.75 Å². The Hall–Kier alpha value is -3.22. The molecule has 0 bridgehead atoms. The molecule has 0 heterocycles. The van der Waals surface area contributed by atoms with Crippen LogP contribution >= 0.6 is 0 Å². The minimum absolute atomic E-state index is 0.139. The van der Waals surface area contributed by atoms with Gasteiger partial charge in [0.15, 0.2) is 0 Å². The second-order valence-corrected chi connectivity index (χ2v) is 5.26. The minimum Gasteiger partial charge on any atom is -0.508 e. The van der Waals surface area contributed by atoms with E-state index < -0.39 is 5.91 Å². The van der Waals surface area contributed by atoms with Gasteiger partial charge in [0.2, 0.25) is 5.91 Å². The summed E-state index contributed by atoms with van der Waals surface area (Å²) in [4.78, 5) is 23.5. The highest BCUT2D eigenvalue weighted by molar-refractivity contribution is 5.95. The molecule has 2 rings (SSSR count). The number of amides is 2. The molecule has 0 saturated carbocycles. The summed E-state index contributed by atoms with van der Waals surface area (Å²) in [7, 11) is 0. The second kappa shape index (κ2) is 9.17. The highest BCUT2D eigenvalue weighted by Gasteiger charge is 2.08. The zero-order valence-corrected chi connectivity index (χ0v) is 13.6. The predicted octanol–water partition coefficient (Wildman–Crippen LogP) is 1.41. The Morgan fingerprint density at radius 2 is 1.56 bits per heavy atom. The maximum absolute atomic E-state index is 11.9. The highest BCUT2D eigenvalue weighted by atomic mass is 16.5. The third-order valence-electron chi connectivity index (χ3n) is 3.24. The van der Waals surface area contributed by atoms with Gasteiger partial charge in [0.1, 0.15) is 17.2 Å². The van der Waals surface area contributed by atoms with Crippen LogP contribution in [0.3, 0.4) is 0 Å². The first-order valence-electron chi connectivity index (χ1n) is 7.80. The number of aromatic hydroxyl groups is 2. The SMILES string of the molecule is O=C(CCOc1ccccc1)NCCNC(=O)c1cc(O)cc(O)c1. The number of benzene rings is 2. The van der Waals surface area contributed by atoms with E-state index in [2.05, 4.69) is 10.6 Å². The number of phenolic OH excluding ortho intramolecular Hbond substituents is 2. The van der Waals surface area contributed by atoms with Crippen LogP contribution in [-0.2, 0) is 4.79 Å². The molecule has 0 aromatic heterocycles.